The SMILES string of the molecule is COC(=O)[C@@H](NC1CC(OCC(C)C)C1(C)C)C(C)C. The molecule has 0 bridgehead atoms. The summed E-state index contributed by atoms with van der Waals surface area (Å²) >= 11 is 0. The number of hydrogen-bond acceptors (Lipinski definition) is 4. The van der Waals surface area contributed by atoms with Gasteiger partial charge in [-0.2, -0.15) is 0 Å². The van der Waals surface area contributed by atoms with E-state index < -0.39 is 0 Å². The molecule has 0 heterocycles. The Labute approximate surface area is 123 Å². The van der Waals surface area contributed by atoms with Gasteiger partial charge in [0.15, 0.2) is 0 Å². The van der Waals surface area contributed by atoms with Crippen LogP contribution >= 0.6 is 0 Å². The summed E-state index contributed by atoms with van der Waals surface area (Å²) in [6.07, 6.45) is 1.23. The predicted molar refractivity (Wildman–Crippen MR) is 80.5 cm³/mol. The Morgan fingerprint density at radius 3 is 2.30 bits per heavy atom. The van der Waals surface area contributed by atoms with Gasteiger partial charge in [0.25, 0.3) is 0 Å². The van der Waals surface area contributed by atoms with Gasteiger partial charge in [0.2, 0.25) is 0 Å². The highest BCUT2D eigenvalue weighted by Crippen LogP contribution is 2.43. The number of carbonyl (C=O) groups excluding carboxylic acids is 1. The van der Waals surface area contributed by atoms with E-state index in [-0.39, 0.29) is 29.4 Å². The lowest BCUT2D eigenvalue weighted by Gasteiger charge is -2.53. The van der Waals surface area contributed by atoms with Crippen molar-refractivity contribution in [1.29, 1.82) is 0 Å². The zero-order valence-electron chi connectivity index (χ0n) is 14.0. The molecule has 1 aliphatic carbocycles. The number of methoxy groups -OCH3 is 1. The molecule has 1 saturated carbocycles. The van der Waals surface area contributed by atoms with Crippen LogP contribution in [0.4, 0.5) is 0 Å². The zero-order chi connectivity index (χ0) is 15.5. The number of ether oxygens (including phenoxy) is 2. The lowest BCUT2D eigenvalue weighted by Crippen LogP contribution is -2.64. The van der Waals surface area contributed by atoms with Crippen molar-refractivity contribution >= 4 is 5.97 Å². The van der Waals surface area contributed by atoms with E-state index in [4.69, 9.17) is 9.47 Å². The lowest BCUT2D eigenvalue weighted by atomic mass is 9.64. The van der Waals surface area contributed by atoms with Crippen LogP contribution in [-0.4, -0.2) is 37.9 Å². The first kappa shape index (κ1) is 17.4. The van der Waals surface area contributed by atoms with Crippen molar-refractivity contribution < 1.29 is 14.3 Å². The van der Waals surface area contributed by atoms with Crippen molar-refractivity contribution in [3.63, 3.8) is 0 Å². The highest BCUT2D eigenvalue weighted by molar-refractivity contribution is 5.76. The van der Waals surface area contributed by atoms with Crippen molar-refractivity contribution in [2.75, 3.05) is 13.7 Å². The number of carbonyl (C=O) groups is 1. The number of nitrogens with one attached hydrogen (secondary N) is 1. The molecule has 0 spiro atoms. The molecule has 0 radical (unpaired) electrons. The minimum Gasteiger partial charge on any atom is -0.468 e. The van der Waals surface area contributed by atoms with Gasteiger partial charge in [0.1, 0.15) is 6.04 Å². The number of hydrogen-bond donors (Lipinski definition) is 1. The summed E-state index contributed by atoms with van der Waals surface area (Å²) in [6.45, 7) is 13.6. The molecule has 118 valence electrons. The smallest absolute Gasteiger partial charge is 0.323 e. The topological polar surface area (TPSA) is 47.6 Å². The summed E-state index contributed by atoms with van der Waals surface area (Å²) in [5.74, 6) is 0.590. The molecule has 0 aromatic heterocycles. The molecule has 1 N–H and O–H groups in total. The minimum absolute atomic E-state index is 0.0516. The van der Waals surface area contributed by atoms with Crippen LogP contribution in [0.15, 0.2) is 0 Å². The van der Waals surface area contributed by atoms with Crippen molar-refractivity contribution in [2.24, 2.45) is 17.3 Å². The number of rotatable bonds is 7. The van der Waals surface area contributed by atoms with Gasteiger partial charge in [0.05, 0.1) is 13.2 Å². The fourth-order valence-corrected chi connectivity index (χ4v) is 2.64. The maximum Gasteiger partial charge on any atom is 0.323 e. The minimum atomic E-state index is -0.240. The molecule has 0 saturated heterocycles. The summed E-state index contributed by atoms with van der Waals surface area (Å²) in [7, 11) is 1.44. The molecule has 20 heavy (non-hydrogen) atoms. The highest BCUT2D eigenvalue weighted by Gasteiger charge is 2.50. The van der Waals surface area contributed by atoms with E-state index in [0.717, 1.165) is 13.0 Å². The van der Waals surface area contributed by atoms with Gasteiger partial charge in [-0.1, -0.05) is 41.5 Å². The van der Waals surface area contributed by atoms with Crippen LogP contribution in [0.1, 0.15) is 48.0 Å². The molecule has 3 atom stereocenters. The van der Waals surface area contributed by atoms with Crippen LogP contribution in [0, 0.1) is 17.3 Å². The van der Waals surface area contributed by atoms with Crippen molar-refractivity contribution in [2.45, 2.75) is 66.2 Å². The van der Waals surface area contributed by atoms with Crippen molar-refractivity contribution in [3.05, 3.63) is 0 Å². The summed E-state index contributed by atoms with van der Waals surface area (Å²) in [5, 5.41) is 3.46. The average Bonchev–Trinajstić information content (AvgIpc) is 2.35. The average molecular weight is 285 g/mol. The fourth-order valence-electron chi connectivity index (χ4n) is 2.64. The Balaban J connectivity index is 2.55. The molecular weight excluding hydrogens is 254 g/mol. The summed E-state index contributed by atoms with van der Waals surface area (Å²) in [4.78, 5) is 11.8. The molecule has 4 heteroatoms. The quantitative estimate of drug-likeness (QED) is 0.730. The first-order chi connectivity index (χ1) is 9.20. The Hall–Kier alpha value is -0.610. The van der Waals surface area contributed by atoms with Gasteiger partial charge in [-0.05, 0) is 18.3 Å². The molecule has 0 amide bonds. The molecule has 1 fully saturated rings. The summed E-state index contributed by atoms with van der Waals surface area (Å²) in [5.41, 5.74) is 0.0516. The van der Waals surface area contributed by atoms with Gasteiger partial charge in [-0.15, -0.1) is 0 Å². The van der Waals surface area contributed by atoms with Gasteiger partial charge in [0, 0.05) is 18.1 Å². The molecule has 0 aromatic carbocycles. The van der Waals surface area contributed by atoms with E-state index in [2.05, 4.69) is 33.0 Å². The largest absolute Gasteiger partial charge is 0.468 e. The van der Waals surface area contributed by atoms with Crippen LogP contribution in [0.2, 0.25) is 0 Å². The molecule has 2 unspecified atom stereocenters. The maximum atomic E-state index is 11.8. The summed E-state index contributed by atoms with van der Waals surface area (Å²) in [6, 6.07) is 0.0569. The van der Waals surface area contributed by atoms with Gasteiger partial charge in [-0.3, -0.25) is 4.79 Å². The highest BCUT2D eigenvalue weighted by atomic mass is 16.5. The third-order valence-electron chi connectivity index (χ3n) is 4.31. The van der Waals surface area contributed by atoms with E-state index in [1.807, 2.05) is 13.8 Å². The van der Waals surface area contributed by atoms with Gasteiger partial charge >= 0.3 is 5.97 Å². The van der Waals surface area contributed by atoms with E-state index in [1.54, 1.807) is 0 Å². The second-order valence-electron chi connectivity index (χ2n) is 7.24. The van der Waals surface area contributed by atoms with Crippen LogP contribution in [0.5, 0.6) is 0 Å². The Morgan fingerprint density at radius 1 is 1.30 bits per heavy atom. The van der Waals surface area contributed by atoms with Crippen LogP contribution in [0.25, 0.3) is 0 Å². The molecule has 4 nitrogen and oxygen atoms in total. The van der Waals surface area contributed by atoms with Crippen molar-refractivity contribution in [3.8, 4) is 0 Å². The van der Waals surface area contributed by atoms with Crippen molar-refractivity contribution in [1.82, 2.24) is 5.32 Å². The second kappa shape index (κ2) is 6.90. The normalized spacial score (nSPS) is 26.4. The number of esters is 1. The Bertz CT molecular complexity index is 326. The van der Waals surface area contributed by atoms with E-state index in [0.29, 0.717) is 12.0 Å². The fraction of sp³-hybridized carbons (Fsp3) is 0.938. The first-order valence-electron chi connectivity index (χ1n) is 7.65. The predicted octanol–water partition coefficient (Wildman–Crippen LogP) is 2.61. The Morgan fingerprint density at radius 2 is 1.90 bits per heavy atom. The third kappa shape index (κ3) is 3.95. The molecular formula is C16H31NO3. The van der Waals surface area contributed by atoms with Gasteiger partial charge < -0.3 is 14.8 Å². The monoisotopic (exact) mass is 285 g/mol. The van der Waals surface area contributed by atoms with E-state index in [1.165, 1.54) is 7.11 Å². The van der Waals surface area contributed by atoms with Crippen LogP contribution in [0.3, 0.4) is 0 Å². The van der Waals surface area contributed by atoms with Crippen LogP contribution < -0.4 is 5.32 Å². The molecule has 0 aliphatic heterocycles. The Kier molecular flexibility index (Phi) is 6.02. The lowest BCUT2D eigenvalue weighted by molar-refractivity contribution is -0.150. The van der Waals surface area contributed by atoms with Gasteiger partial charge in [-0.25, -0.2) is 0 Å². The second-order valence-corrected chi connectivity index (χ2v) is 7.24. The third-order valence-corrected chi connectivity index (χ3v) is 4.31. The standard InChI is InChI=1S/C16H31NO3/c1-10(2)9-20-13-8-12(16(13,5)6)17-14(11(3)4)15(18)19-7/h10-14,17H,8-9H2,1-7H3/t12?,13?,14-/m0/s1. The zero-order valence-corrected chi connectivity index (χ0v) is 14.0. The maximum absolute atomic E-state index is 11.8. The molecule has 1 rings (SSSR count). The van der Waals surface area contributed by atoms with E-state index >= 15 is 0 Å². The summed E-state index contributed by atoms with van der Waals surface area (Å²) < 4.78 is 10.8. The first-order valence-corrected chi connectivity index (χ1v) is 7.65. The molecule has 0 aromatic rings. The molecule has 1 aliphatic rings. The van der Waals surface area contributed by atoms with Crippen LogP contribution in [-0.2, 0) is 14.3 Å². The van der Waals surface area contributed by atoms with E-state index in [9.17, 15) is 4.79 Å².